The number of carbonyl (C=O) groups excluding carboxylic acids is 3. The van der Waals surface area contributed by atoms with Crippen LogP contribution in [-0.4, -0.2) is 85.5 Å². The van der Waals surface area contributed by atoms with Crippen molar-refractivity contribution in [3.8, 4) is 0 Å². The molecule has 3 amide bonds. The van der Waals surface area contributed by atoms with Crippen molar-refractivity contribution < 1.29 is 34.2 Å². The number of aromatic nitrogens is 2. The number of imidazole rings is 1. The Hall–Kier alpha value is -4.26. The first kappa shape index (κ1) is 28.3. The molecule has 0 saturated carbocycles. The molecule has 1 saturated heterocycles. The van der Waals surface area contributed by atoms with Gasteiger partial charge in [-0.15, -0.1) is 0 Å². The van der Waals surface area contributed by atoms with E-state index in [0.717, 1.165) is 0 Å². The Morgan fingerprint density at radius 2 is 1.82 bits per heavy atom. The van der Waals surface area contributed by atoms with E-state index < -0.39 is 60.2 Å². The predicted octanol–water partition coefficient (Wildman–Crippen LogP) is -0.568. The van der Waals surface area contributed by atoms with Gasteiger partial charge in [0, 0.05) is 37.7 Å². The van der Waals surface area contributed by atoms with Gasteiger partial charge >= 0.3 is 11.9 Å². The zero-order valence-electron chi connectivity index (χ0n) is 20.7. The summed E-state index contributed by atoms with van der Waals surface area (Å²) >= 11 is 0. The van der Waals surface area contributed by atoms with Crippen LogP contribution >= 0.6 is 0 Å². The summed E-state index contributed by atoms with van der Waals surface area (Å²) in [6.45, 7) is 0.303. The number of rotatable bonds is 13. The molecule has 2 aromatic rings. The van der Waals surface area contributed by atoms with Gasteiger partial charge in [-0.3, -0.25) is 19.2 Å². The van der Waals surface area contributed by atoms with Crippen molar-refractivity contribution in [1.29, 1.82) is 0 Å². The van der Waals surface area contributed by atoms with Crippen LogP contribution in [0.2, 0.25) is 0 Å². The molecule has 204 valence electrons. The van der Waals surface area contributed by atoms with Crippen molar-refractivity contribution in [1.82, 2.24) is 25.5 Å². The van der Waals surface area contributed by atoms with E-state index in [9.17, 15) is 29.1 Å². The van der Waals surface area contributed by atoms with Gasteiger partial charge in [-0.25, -0.2) is 9.78 Å². The molecule has 4 unspecified atom stereocenters. The molecule has 38 heavy (non-hydrogen) atoms. The van der Waals surface area contributed by atoms with Crippen LogP contribution in [0.25, 0.3) is 0 Å². The Kier molecular flexibility index (Phi) is 9.93. The Balaban J connectivity index is 1.68. The summed E-state index contributed by atoms with van der Waals surface area (Å²) in [6, 6.07) is 4.27. The molecule has 1 aliphatic heterocycles. The summed E-state index contributed by atoms with van der Waals surface area (Å²) in [7, 11) is 0. The number of carboxylic acids is 2. The van der Waals surface area contributed by atoms with Crippen LogP contribution in [0.1, 0.15) is 36.9 Å². The third kappa shape index (κ3) is 7.87. The zero-order valence-corrected chi connectivity index (χ0v) is 20.7. The molecule has 1 fully saturated rings. The number of amides is 3. The number of H-pyrrole nitrogens is 1. The lowest BCUT2D eigenvalue weighted by atomic mass is 10.0. The average molecular weight is 529 g/mol. The summed E-state index contributed by atoms with van der Waals surface area (Å²) in [6.07, 6.45) is 3.41. The van der Waals surface area contributed by atoms with Crippen LogP contribution in [0.5, 0.6) is 0 Å². The van der Waals surface area contributed by atoms with E-state index in [1.54, 1.807) is 36.5 Å². The van der Waals surface area contributed by atoms with Gasteiger partial charge in [0.05, 0.1) is 12.4 Å². The Morgan fingerprint density at radius 3 is 2.45 bits per heavy atom. The second-order valence-electron chi connectivity index (χ2n) is 9.16. The number of hydrogen-bond acceptors (Lipinski definition) is 7. The summed E-state index contributed by atoms with van der Waals surface area (Å²) in [5.74, 6) is -4.35. The first-order valence-corrected chi connectivity index (χ1v) is 12.3. The van der Waals surface area contributed by atoms with Gasteiger partial charge in [-0.1, -0.05) is 30.3 Å². The largest absolute Gasteiger partial charge is 0.481 e. The van der Waals surface area contributed by atoms with Crippen LogP contribution in [0.15, 0.2) is 42.9 Å². The highest BCUT2D eigenvalue weighted by Gasteiger charge is 2.38. The molecule has 13 heteroatoms. The topological polar surface area (TPSA) is 208 Å². The fraction of sp³-hybridized carbons (Fsp3) is 0.440. The molecule has 1 aromatic heterocycles. The summed E-state index contributed by atoms with van der Waals surface area (Å²) in [5.41, 5.74) is 7.42. The molecule has 4 atom stereocenters. The molecule has 1 aromatic carbocycles. The zero-order chi connectivity index (χ0) is 27.7. The molecule has 0 spiro atoms. The molecule has 1 aliphatic rings. The molecule has 3 rings (SSSR count). The molecule has 7 N–H and O–H groups in total. The van der Waals surface area contributed by atoms with Gasteiger partial charge in [0.15, 0.2) is 0 Å². The van der Waals surface area contributed by atoms with Gasteiger partial charge in [-0.2, -0.15) is 0 Å². The molecule has 0 aliphatic carbocycles. The van der Waals surface area contributed by atoms with Crippen molar-refractivity contribution in [3.05, 3.63) is 54.1 Å². The second-order valence-corrected chi connectivity index (χ2v) is 9.16. The SMILES string of the molecule is NC(Cc1cnc[nH]1)C(=O)N1CCCC1C(=O)NC(CCC(=O)O)C(=O)NC(Cc1ccccc1)C(=O)O. The quantitative estimate of drug-likeness (QED) is 0.196. The average Bonchev–Trinajstić information content (AvgIpc) is 3.58. The highest BCUT2D eigenvalue weighted by Crippen LogP contribution is 2.19. The normalized spacial score (nSPS) is 17.3. The van der Waals surface area contributed by atoms with Crippen molar-refractivity contribution in [2.45, 2.75) is 62.7 Å². The minimum Gasteiger partial charge on any atom is -0.481 e. The second kappa shape index (κ2) is 13.3. The minimum atomic E-state index is -1.31. The Morgan fingerprint density at radius 1 is 1.08 bits per heavy atom. The van der Waals surface area contributed by atoms with Gasteiger partial charge < -0.3 is 36.5 Å². The maximum atomic E-state index is 13.2. The maximum absolute atomic E-state index is 13.2. The summed E-state index contributed by atoms with van der Waals surface area (Å²) in [4.78, 5) is 70.3. The predicted molar refractivity (Wildman–Crippen MR) is 134 cm³/mol. The lowest BCUT2D eigenvalue weighted by Crippen LogP contribution is -2.57. The number of nitrogens with zero attached hydrogens (tertiary/aromatic N) is 2. The number of carboxylic acid groups (broad SMARTS) is 2. The fourth-order valence-corrected chi connectivity index (χ4v) is 4.36. The van der Waals surface area contributed by atoms with Gasteiger partial charge in [0.1, 0.15) is 18.1 Å². The van der Waals surface area contributed by atoms with E-state index in [1.165, 1.54) is 11.2 Å². The number of likely N-dealkylation sites (tertiary alicyclic amines) is 1. The summed E-state index contributed by atoms with van der Waals surface area (Å²) < 4.78 is 0. The first-order chi connectivity index (χ1) is 18.2. The molecule has 0 bridgehead atoms. The van der Waals surface area contributed by atoms with Crippen LogP contribution in [-0.2, 0) is 36.8 Å². The van der Waals surface area contributed by atoms with Crippen molar-refractivity contribution in [2.75, 3.05) is 6.54 Å². The van der Waals surface area contributed by atoms with E-state index in [4.69, 9.17) is 10.8 Å². The van der Waals surface area contributed by atoms with E-state index in [0.29, 0.717) is 30.6 Å². The summed E-state index contributed by atoms with van der Waals surface area (Å²) in [5, 5.41) is 23.7. The van der Waals surface area contributed by atoms with Gasteiger partial charge in [-0.05, 0) is 24.8 Å². The minimum absolute atomic E-state index is 0.000630. The van der Waals surface area contributed by atoms with Crippen LogP contribution < -0.4 is 16.4 Å². The molecular formula is C25H32N6O7. The number of benzene rings is 1. The Bertz CT molecular complexity index is 1120. The lowest BCUT2D eigenvalue weighted by Gasteiger charge is -2.28. The van der Waals surface area contributed by atoms with Gasteiger partial charge in [0.25, 0.3) is 0 Å². The van der Waals surface area contributed by atoms with Crippen molar-refractivity contribution in [3.63, 3.8) is 0 Å². The first-order valence-electron chi connectivity index (χ1n) is 12.3. The molecular weight excluding hydrogens is 496 g/mol. The third-order valence-corrected chi connectivity index (χ3v) is 6.33. The van der Waals surface area contributed by atoms with Gasteiger partial charge in [0.2, 0.25) is 17.7 Å². The monoisotopic (exact) mass is 528 g/mol. The standard InChI is InChI=1S/C25H32N6O7/c26-17(12-16-13-27-14-28-16)24(36)31-10-4-7-20(31)23(35)29-18(8-9-21(32)33)22(34)30-19(25(37)38)11-15-5-2-1-3-6-15/h1-3,5-6,13-14,17-20H,4,7-12,26H2,(H,27,28)(H,29,35)(H,30,34)(H,32,33)(H,37,38). The molecule has 0 radical (unpaired) electrons. The van der Waals surface area contributed by atoms with Crippen molar-refractivity contribution >= 4 is 29.7 Å². The number of aromatic amines is 1. The number of carbonyl (C=O) groups is 5. The smallest absolute Gasteiger partial charge is 0.326 e. The maximum Gasteiger partial charge on any atom is 0.326 e. The number of nitrogens with one attached hydrogen (secondary N) is 3. The van der Waals surface area contributed by atoms with E-state index in [-0.39, 0.29) is 19.3 Å². The van der Waals surface area contributed by atoms with Crippen molar-refractivity contribution in [2.24, 2.45) is 5.73 Å². The third-order valence-electron chi connectivity index (χ3n) is 6.33. The Labute approximate surface area is 218 Å². The van der Waals surface area contributed by atoms with Crippen LogP contribution in [0.4, 0.5) is 0 Å². The molecule has 2 heterocycles. The lowest BCUT2D eigenvalue weighted by molar-refractivity contribution is -0.143. The molecule has 13 nitrogen and oxygen atoms in total. The number of aliphatic carboxylic acids is 2. The number of hydrogen-bond donors (Lipinski definition) is 6. The van der Waals surface area contributed by atoms with E-state index in [2.05, 4.69) is 20.6 Å². The fourth-order valence-electron chi connectivity index (χ4n) is 4.36. The highest BCUT2D eigenvalue weighted by atomic mass is 16.4. The van der Waals surface area contributed by atoms with Crippen LogP contribution in [0.3, 0.4) is 0 Å². The number of nitrogens with two attached hydrogens (primary N) is 1. The van der Waals surface area contributed by atoms with E-state index >= 15 is 0 Å². The van der Waals surface area contributed by atoms with E-state index in [1.807, 2.05) is 0 Å². The van der Waals surface area contributed by atoms with Crippen LogP contribution in [0, 0.1) is 0 Å². The highest BCUT2D eigenvalue weighted by molar-refractivity contribution is 5.94.